The molecule has 2 N–H and O–H groups in total. The van der Waals surface area contributed by atoms with E-state index >= 15 is 0 Å². The van der Waals surface area contributed by atoms with Gasteiger partial charge >= 0.3 is 0 Å². The van der Waals surface area contributed by atoms with Crippen LogP contribution in [0.25, 0.3) is 0 Å². The Morgan fingerprint density at radius 2 is 1.96 bits per heavy atom. The van der Waals surface area contributed by atoms with Crippen LogP contribution in [0.3, 0.4) is 0 Å². The fraction of sp³-hybridized carbons (Fsp3) is 0.389. The first-order valence-corrected chi connectivity index (χ1v) is 8.24. The Morgan fingerprint density at radius 3 is 2.57 bits per heavy atom. The lowest BCUT2D eigenvalue weighted by atomic mass is 9.78. The van der Waals surface area contributed by atoms with E-state index in [1.54, 1.807) is 6.07 Å². The lowest BCUT2D eigenvalue weighted by Crippen LogP contribution is -2.44. The van der Waals surface area contributed by atoms with Gasteiger partial charge in [0, 0.05) is 17.1 Å². The van der Waals surface area contributed by atoms with Crippen LogP contribution in [-0.4, -0.2) is 17.6 Å². The lowest BCUT2D eigenvalue weighted by Gasteiger charge is -2.29. The monoisotopic (exact) mass is 333 g/mol. The van der Waals surface area contributed by atoms with Gasteiger partial charge in [-0.25, -0.2) is 0 Å². The maximum absolute atomic E-state index is 12.8. The average Bonchev–Trinajstić information content (AvgIpc) is 3.25. The number of aliphatic hydroxyl groups is 1. The summed E-state index contributed by atoms with van der Waals surface area (Å²) in [6.45, 7) is 0.174. The summed E-state index contributed by atoms with van der Waals surface area (Å²) < 4.78 is 4.96. The number of carbonyl (C=O) groups is 1. The van der Waals surface area contributed by atoms with Crippen LogP contribution in [0, 0.1) is 0 Å². The number of amides is 1. The molecule has 0 radical (unpaired) electrons. The molecule has 1 aliphatic carbocycles. The molecule has 5 heteroatoms. The summed E-state index contributed by atoms with van der Waals surface area (Å²) in [5, 5.41) is 13.7. The van der Waals surface area contributed by atoms with Crippen molar-refractivity contribution >= 4 is 17.5 Å². The predicted octanol–water partition coefficient (Wildman–Crippen LogP) is 3.59. The van der Waals surface area contributed by atoms with Crippen molar-refractivity contribution in [1.82, 2.24) is 5.32 Å². The summed E-state index contributed by atoms with van der Waals surface area (Å²) in [5.74, 6) is -0.0279. The van der Waals surface area contributed by atoms with Gasteiger partial charge in [0.15, 0.2) is 0 Å². The highest BCUT2D eigenvalue weighted by molar-refractivity contribution is 6.30. The van der Waals surface area contributed by atoms with Crippen LogP contribution in [0.4, 0.5) is 0 Å². The number of furan rings is 1. The lowest BCUT2D eigenvalue weighted by molar-refractivity contribution is -0.127. The molecule has 4 nitrogen and oxygen atoms in total. The molecule has 0 saturated heterocycles. The van der Waals surface area contributed by atoms with Gasteiger partial charge in [-0.05, 0) is 36.6 Å². The van der Waals surface area contributed by atoms with E-state index in [1.807, 2.05) is 24.3 Å². The molecular formula is C18H20ClNO3. The smallest absolute Gasteiger partial charge is 0.230 e. The zero-order valence-corrected chi connectivity index (χ0v) is 13.6. The molecule has 1 heterocycles. The van der Waals surface area contributed by atoms with Crippen molar-refractivity contribution in [2.75, 3.05) is 6.54 Å². The van der Waals surface area contributed by atoms with Crippen molar-refractivity contribution in [3.8, 4) is 0 Å². The minimum Gasteiger partial charge on any atom is -0.472 e. The van der Waals surface area contributed by atoms with Gasteiger partial charge in [-0.15, -0.1) is 0 Å². The molecule has 1 saturated carbocycles. The van der Waals surface area contributed by atoms with Gasteiger partial charge in [0.2, 0.25) is 5.91 Å². The molecule has 3 rings (SSSR count). The Kier molecular flexibility index (Phi) is 4.74. The Balaban J connectivity index is 1.73. The molecule has 122 valence electrons. The zero-order valence-electron chi connectivity index (χ0n) is 12.8. The van der Waals surface area contributed by atoms with E-state index in [0.717, 1.165) is 31.2 Å². The van der Waals surface area contributed by atoms with Crippen LogP contribution < -0.4 is 5.32 Å². The van der Waals surface area contributed by atoms with Crippen molar-refractivity contribution in [2.24, 2.45) is 0 Å². The highest BCUT2D eigenvalue weighted by atomic mass is 35.5. The first-order valence-electron chi connectivity index (χ1n) is 7.86. The molecule has 1 atom stereocenters. The van der Waals surface area contributed by atoms with Crippen molar-refractivity contribution < 1.29 is 14.3 Å². The van der Waals surface area contributed by atoms with Gasteiger partial charge in [-0.1, -0.05) is 36.6 Å². The summed E-state index contributed by atoms with van der Waals surface area (Å²) in [7, 11) is 0. The van der Waals surface area contributed by atoms with E-state index < -0.39 is 11.5 Å². The maximum atomic E-state index is 12.8. The van der Waals surface area contributed by atoms with E-state index in [1.165, 1.54) is 12.5 Å². The van der Waals surface area contributed by atoms with E-state index in [9.17, 15) is 9.90 Å². The van der Waals surface area contributed by atoms with Crippen LogP contribution in [0.15, 0.2) is 47.3 Å². The summed E-state index contributed by atoms with van der Waals surface area (Å²) >= 11 is 5.96. The minimum atomic E-state index is -0.763. The molecule has 0 spiro atoms. The number of carbonyl (C=O) groups excluding carboxylic acids is 1. The number of nitrogens with one attached hydrogen (secondary N) is 1. The van der Waals surface area contributed by atoms with Gasteiger partial charge in [-0.2, -0.15) is 0 Å². The minimum absolute atomic E-state index is 0.0279. The van der Waals surface area contributed by atoms with E-state index in [4.69, 9.17) is 16.0 Å². The number of rotatable bonds is 5. The summed E-state index contributed by atoms with van der Waals surface area (Å²) in [4.78, 5) is 12.8. The van der Waals surface area contributed by atoms with Gasteiger partial charge < -0.3 is 14.8 Å². The topological polar surface area (TPSA) is 62.5 Å². The Hall–Kier alpha value is -1.78. The van der Waals surface area contributed by atoms with E-state index in [0.29, 0.717) is 10.6 Å². The highest BCUT2D eigenvalue weighted by Crippen LogP contribution is 2.41. The molecule has 0 unspecified atom stereocenters. The third-order valence-electron chi connectivity index (χ3n) is 4.67. The standard InChI is InChI=1S/C18H20ClNO3/c19-15-5-3-14(4-6-15)18(8-1-2-9-18)17(22)20-11-16(21)13-7-10-23-12-13/h3-7,10,12,16,21H,1-2,8-9,11H2,(H,20,22)/t16-/m0/s1. The van der Waals surface area contributed by atoms with Crippen LogP contribution in [0.5, 0.6) is 0 Å². The van der Waals surface area contributed by atoms with Crippen molar-refractivity contribution in [2.45, 2.75) is 37.2 Å². The molecule has 1 aromatic carbocycles. The largest absolute Gasteiger partial charge is 0.472 e. The molecule has 0 aliphatic heterocycles. The number of halogens is 1. The van der Waals surface area contributed by atoms with Crippen molar-refractivity contribution in [3.63, 3.8) is 0 Å². The third-order valence-corrected chi connectivity index (χ3v) is 4.92. The zero-order chi connectivity index (χ0) is 16.3. The van der Waals surface area contributed by atoms with Crippen LogP contribution >= 0.6 is 11.6 Å². The average molecular weight is 334 g/mol. The van der Waals surface area contributed by atoms with Crippen molar-refractivity contribution in [1.29, 1.82) is 0 Å². The third kappa shape index (κ3) is 3.28. The number of hydrogen-bond donors (Lipinski definition) is 2. The number of hydrogen-bond acceptors (Lipinski definition) is 3. The van der Waals surface area contributed by atoms with Gasteiger partial charge in [-0.3, -0.25) is 4.79 Å². The van der Waals surface area contributed by atoms with Gasteiger partial charge in [0.1, 0.15) is 0 Å². The molecule has 23 heavy (non-hydrogen) atoms. The van der Waals surface area contributed by atoms with Crippen LogP contribution in [0.1, 0.15) is 42.9 Å². The summed E-state index contributed by atoms with van der Waals surface area (Å²) in [6, 6.07) is 9.20. The quantitative estimate of drug-likeness (QED) is 0.878. The van der Waals surface area contributed by atoms with E-state index in [2.05, 4.69) is 5.32 Å². The fourth-order valence-electron chi connectivity index (χ4n) is 3.34. The van der Waals surface area contributed by atoms with Gasteiger partial charge in [0.05, 0.1) is 24.0 Å². The fourth-order valence-corrected chi connectivity index (χ4v) is 3.46. The van der Waals surface area contributed by atoms with Crippen molar-refractivity contribution in [3.05, 3.63) is 59.0 Å². The molecular weight excluding hydrogens is 314 g/mol. The maximum Gasteiger partial charge on any atom is 0.230 e. The Labute approximate surface area is 140 Å². The Bertz CT molecular complexity index is 645. The van der Waals surface area contributed by atoms with Crippen LogP contribution in [-0.2, 0) is 10.2 Å². The SMILES string of the molecule is O=C(NC[C@H](O)c1ccoc1)C1(c2ccc(Cl)cc2)CCCC1. The molecule has 1 fully saturated rings. The van der Waals surface area contributed by atoms with E-state index in [-0.39, 0.29) is 12.5 Å². The molecule has 0 bridgehead atoms. The summed E-state index contributed by atoms with van der Waals surface area (Å²) in [6.07, 6.45) is 5.93. The number of benzene rings is 1. The second-order valence-corrected chi connectivity index (χ2v) is 6.52. The molecule has 1 aliphatic rings. The summed E-state index contributed by atoms with van der Waals surface area (Å²) in [5.41, 5.74) is 1.15. The van der Waals surface area contributed by atoms with Crippen LogP contribution in [0.2, 0.25) is 5.02 Å². The second kappa shape index (κ2) is 6.77. The normalized spacial score (nSPS) is 17.8. The molecule has 1 aromatic heterocycles. The molecule has 1 amide bonds. The predicted molar refractivity (Wildman–Crippen MR) is 88.3 cm³/mol. The first-order chi connectivity index (χ1) is 11.1. The highest BCUT2D eigenvalue weighted by Gasteiger charge is 2.42. The number of aliphatic hydroxyl groups excluding tert-OH is 1. The Morgan fingerprint density at radius 1 is 1.26 bits per heavy atom. The molecule has 2 aromatic rings. The van der Waals surface area contributed by atoms with Gasteiger partial charge in [0.25, 0.3) is 0 Å². The second-order valence-electron chi connectivity index (χ2n) is 6.08. The first kappa shape index (κ1) is 16.1.